The van der Waals surface area contributed by atoms with Gasteiger partial charge in [0.1, 0.15) is 16.9 Å². The van der Waals surface area contributed by atoms with Crippen LogP contribution in [-0.2, 0) is 11.3 Å². The number of nitrogens with zero attached hydrogens (tertiary/aromatic N) is 4. The van der Waals surface area contributed by atoms with Gasteiger partial charge in [-0.25, -0.2) is 9.97 Å². The molecule has 0 spiro atoms. The van der Waals surface area contributed by atoms with Gasteiger partial charge in [0.2, 0.25) is 0 Å². The van der Waals surface area contributed by atoms with Gasteiger partial charge in [0.15, 0.2) is 11.4 Å². The maximum absolute atomic E-state index is 11.8. The van der Waals surface area contributed by atoms with Crippen LogP contribution in [0.1, 0.15) is 44.9 Å². The normalized spacial score (nSPS) is 14.6. The van der Waals surface area contributed by atoms with E-state index in [9.17, 15) is 4.79 Å². The van der Waals surface area contributed by atoms with E-state index in [0.717, 1.165) is 46.5 Å². The van der Waals surface area contributed by atoms with E-state index in [1.54, 1.807) is 0 Å². The fraction of sp³-hybridized carbons (Fsp3) is 0.348. The van der Waals surface area contributed by atoms with Crippen LogP contribution in [0, 0.1) is 6.92 Å². The van der Waals surface area contributed by atoms with Gasteiger partial charge in [-0.15, -0.1) is 0 Å². The SMILES string of the molecule is CC(=O)Oc1cn(CCC2=CCCCC2)c2nc(C)n3c4ccccc4nc3c12. The van der Waals surface area contributed by atoms with Gasteiger partial charge in [0, 0.05) is 19.7 Å². The fourth-order valence-electron chi connectivity index (χ4n) is 4.37. The van der Waals surface area contributed by atoms with E-state index in [2.05, 4.69) is 10.6 Å². The average Bonchev–Trinajstić information content (AvgIpc) is 3.25. The van der Waals surface area contributed by atoms with Crippen LogP contribution in [-0.4, -0.2) is 24.9 Å². The standard InChI is InChI=1S/C23H24N4O2/c1-15-24-22-21(23-25-18-10-6-7-11-19(18)27(15)23)20(29-16(2)28)14-26(22)13-12-17-8-4-3-5-9-17/h6-8,10-11,14H,3-5,9,12-13H2,1-2H3. The van der Waals surface area contributed by atoms with Crippen molar-refractivity contribution in [2.24, 2.45) is 0 Å². The van der Waals surface area contributed by atoms with Crippen LogP contribution >= 0.6 is 0 Å². The monoisotopic (exact) mass is 388 g/mol. The van der Waals surface area contributed by atoms with Crippen molar-refractivity contribution < 1.29 is 9.53 Å². The van der Waals surface area contributed by atoms with Gasteiger partial charge in [-0.1, -0.05) is 23.8 Å². The summed E-state index contributed by atoms with van der Waals surface area (Å²) in [6.07, 6.45) is 10.2. The zero-order chi connectivity index (χ0) is 20.0. The lowest BCUT2D eigenvalue weighted by molar-refractivity contribution is -0.131. The van der Waals surface area contributed by atoms with Crippen LogP contribution in [0.25, 0.3) is 27.7 Å². The van der Waals surface area contributed by atoms with E-state index in [0.29, 0.717) is 5.75 Å². The van der Waals surface area contributed by atoms with Crippen LogP contribution < -0.4 is 4.74 Å². The van der Waals surface area contributed by atoms with Crippen molar-refractivity contribution in [3.8, 4) is 5.75 Å². The second-order valence-corrected chi connectivity index (χ2v) is 7.76. The lowest BCUT2D eigenvalue weighted by Crippen LogP contribution is -2.03. The van der Waals surface area contributed by atoms with E-state index < -0.39 is 0 Å². The molecule has 0 N–H and O–H groups in total. The van der Waals surface area contributed by atoms with Crippen LogP contribution in [0.2, 0.25) is 0 Å². The number of carbonyl (C=O) groups excluding carboxylic acids is 1. The number of rotatable bonds is 4. The quantitative estimate of drug-likeness (QED) is 0.366. The summed E-state index contributed by atoms with van der Waals surface area (Å²) in [5, 5.41) is 0.791. The molecule has 0 bridgehead atoms. The van der Waals surface area contributed by atoms with Gasteiger partial charge >= 0.3 is 5.97 Å². The second kappa shape index (κ2) is 7.03. The first-order valence-corrected chi connectivity index (χ1v) is 10.2. The van der Waals surface area contributed by atoms with E-state index in [1.165, 1.54) is 38.2 Å². The van der Waals surface area contributed by atoms with Crippen molar-refractivity contribution in [3.05, 3.63) is 47.9 Å². The smallest absolute Gasteiger partial charge is 0.308 e. The number of hydrogen-bond acceptors (Lipinski definition) is 4. The number of hydrogen-bond donors (Lipinski definition) is 0. The first-order chi connectivity index (χ1) is 14.1. The average molecular weight is 388 g/mol. The number of esters is 1. The molecule has 1 aliphatic rings. The summed E-state index contributed by atoms with van der Waals surface area (Å²) in [7, 11) is 0. The molecule has 0 saturated carbocycles. The molecule has 0 unspecified atom stereocenters. The highest BCUT2D eigenvalue weighted by Gasteiger charge is 2.20. The van der Waals surface area contributed by atoms with Crippen molar-refractivity contribution in [1.82, 2.24) is 18.9 Å². The molecule has 4 aromatic rings. The van der Waals surface area contributed by atoms with Crippen molar-refractivity contribution in [1.29, 1.82) is 0 Å². The van der Waals surface area contributed by atoms with Gasteiger partial charge in [-0.3, -0.25) is 9.20 Å². The molecule has 148 valence electrons. The lowest BCUT2D eigenvalue weighted by atomic mass is 9.97. The minimum Gasteiger partial charge on any atom is -0.424 e. The highest BCUT2D eigenvalue weighted by molar-refractivity contribution is 6.00. The Kier molecular flexibility index (Phi) is 4.34. The topological polar surface area (TPSA) is 61.4 Å². The van der Waals surface area contributed by atoms with Crippen molar-refractivity contribution >= 4 is 33.7 Å². The lowest BCUT2D eigenvalue weighted by Gasteiger charge is -2.13. The van der Waals surface area contributed by atoms with Crippen LogP contribution in [0.4, 0.5) is 0 Å². The van der Waals surface area contributed by atoms with Crippen LogP contribution in [0.15, 0.2) is 42.1 Å². The molecule has 1 aromatic carbocycles. The third-order valence-corrected chi connectivity index (χ3v) is 5.70. The van der Waals surface area contributed by atoms with Crippen molar-refractivity contribution in [2.45, 2.75) is 52.5 Å². The molecular formula is C23H24N4O2. The number of allylic oxidation sites excluding steroid dienone is 2. The molecule has 5 rings (SSSR count). The number of carbonyl (C=O) groups is 1. The zero-order valence-corrected chi connectivity index (χ0v) is 16.8. The van der Waals surface area contributed by atoms with Crippen molar-refractivity contribution in [2.75, 3.05) is 0 Å². The number of benzene rings is 1. The van der Waals surface area contributed by atoms with Gasteiger partial charge in [-0.2, -0.15) is 0 Å². The Morgan fingerprint density at radius 3 is 2.83 bits per heavy atom. The van der Waals surface area contributed by atoms with E-state index >= 15 is 0 Å². The predicted molar refractivity (Wildman–Crippen MR) is 113 cm³/mol. The molecule has 0 aliphatic heterocycles. The molecule has 1 aliphatic carbocycles. The molecule has 29 heavy (non-hydrogen) atoms. The summed E-state index contributed by atoms with van der Waals surface area (Å²) >= 11 is 0. The Labute approximate surface area is 168 Å². The molecule has 6 nitrogen and oxygen atoms in total. The number of para-hydroxylation sites is 2. The summed E-state index contributed by atoms with van der Waals surface area (Å²) in [5.74, 6) is 1.05. The molecule has 3 heterocycles. The Morgan fingerprint density at radius 2 is 2.03 bits per heavy atom. The third-order valence-electron chi connectivity index (χ3n) is 5.70. The Hall–Kier alpha value is -3.15. The Morgan fingerprint density at radius 1 is 1.17 bits per heavy atom. The van der Waals surface area contributed by atoms with Gasteiger partial charge in [0.05, 0.1) is 11.0 Å². The fourth-order valence-corrected chi connectivity index (χ4v) is 4.37. The molecule has 3 aromatic heterocycles. The maximum atomic E-state index is 11.8. The molecule has 0 radical (unpaired) electrons. The third kappa shape index (κ3) is 3.09. The van der Waals surface area contributed by atoms with E-state index in [1.807, 2.05) is 41.8 Å². The first kappa shape index (κ1) is 17.9. The van der Waals surface area contributed by atoms with E-state index in [-0.39, 0.29) is 5.97 Å². The molecule has 0 amide bonds. The Balaban J connectivity index is 1.70. The number of imidazole rings is 1. The second-order valence-electron chi connectivity index (χ2n) is 7.76. The number of aryl methyl sites for hydroxylation is 2. The van der Waals surface area contributed by atoms with E-state index in [4.69, 9.17) is 14.7 Å². The van der Waals surface area contributed by atoms with Gasteiger partial charge in [-0.05, 0) is 51.2 Å². The maximum Gasteiger partial charge on any atom is 0.308 e. The molecule has 0 atom stereocenters. The van der Waals surface area contributed by atoms with Gasteiger partial charge < -0.3 is 9.30 Å². The molecule has 0 saturated heterocycles. The highest BCUT2D eigenvalue weighted by atomic mass is 16.5. The minimum atomic E-state index is -0.339. The summed E-state index contributed by atoms with van der Waals surface area (Å²) in [6.45, 7) is 4.23. The van der Waals surface area contributed by atoms with Crippen LogP contribution in [0.5, 0.6) is 5.75 Å². The molecule has 0 fully saturated rings. The van der Waals surface area contributed by atoms with Crippen LogP contribution in [0.3, 0.4) is 0 Å². The first-order valence-electron chi connectivity index (χ1n) is 10.2. The summed E-state index contributed by atoms with van der Waals surface area (Å²) in [5.41, 5.74) is 5.01. The number of aromatic nitrogens is 4. The highest BCUT2D eigenvalue weighted by Crippen LogP contribution is 2.34. The van der Waals surface area contributed by atoms with Crippen molar-refractivity contribution in [3.63, 3.8) is 0 Å². The number of fused-ring (bicyclic) bond motifs is 5. The number of ether oxygens (including phenoxy) is 1. The largest absolute Gasteiger partial charge is 0.424 e. The minimum absolute atomic E-state index is 0.339. The molecule has 6 heteroatoms. The summed E-state index contributed by atoms with van der Waals surface area (Å²) < 4.78 is 9.72. The predicted octanol–water partition coefficient (Wildman–Crippen LogP) is 4.96. The summed E-state index contributed by atoms with van der Waals surface area (Å²) in [6, 6.07) is 8.00. The zero-order valence-electron chi connectivity index (χ0n) is 16.8. The molecular weight excluding hydrogens is 364 g/mol. The van der Waals surface area contributed by atoms with Gasteiger partial charge in [0.25, 0.3) is 0 Å². The Bertz CT molecular complexity index is 1280. The summed E-state index contributed by atoms with van der Waals surface area (Å²) in [4.78, 5) is 21.5.